The molecular weight excluding hydrogens is 210 g/mol. The van der Waals surface area contributed by atoms with Crippen LogP contribution in [0.3, 0.4) is 0 Å². The number of nitrogens with one attached hydrogen (secondary N) is 1. The monoisotopic (exact) mass is 231 g/mol. The third-order valence-corrected chi connectivity index (χ3v) is 2.95. The molecule has 0 aliphatic heterocycles. The van der Waals surface area contributed by atoms with Gasteiger partial charge in [-0.05, 0) is 32.3 Å². The van der Waals surface area contributed by atoms with Crippen LogP contribution in [0.1, 0.15) is 30.4 Å². The van der Waals surface area contributed by atoms with Crippen LogP contribution in [0.4, 0.5) is 0 Å². The molecule has 2 heteroatoms. The maximum Gasteiger partial charge on any atom is 0.123 e. The second kappa shape index (κ2) is 5.87. The summed E-state index contributed by atoms with van der Waals surface area (Å²) in [6.07, 6.45) is 5.41. The van der Waals surface area contributed by atoms with Gasteiger partial charge in [-0.2, -0.15) is 0 Å². The predicted molar refractivity (Wildman–Crippen MR) is 71.3 cm³/mol. The molecule has 1 fully saturated rings. The molecule has 2 rings (SSSR count). The highest BCUT2D eigenvalue weighted by atomic mass is 16.5. The van der Waals surface area contributed by atoms with Gasteiger partial charge in [0, 0.05) is 18.2 Å². The molecule has 1 aliphatic carbocycles. The van der Waals surface area contributed by atoms with Crippen LogP contribution >= 0.6 is 0 Å². The Balaban J connectivity index is 1.97. The topological polar surface area (TPSA) is 21.3 Å². The molecule has 0 saturated heterocycles. The number of aryl methyl sites for hydroxylation is 1. The molecule has 1 aromatic rings. The van der Waals surface area contributed by atoms with Gasteiger partial charge in [-0.25, -0.2) is 0 Å². The molecule has 17 heavy (non-hydrogen) atoms. The van der Waals surface area contributed by atoms with Crippen LogP contribution in [0.5, 0.6) is 5.75 Å². The van der Waals surface area contributed by atoms with E-state index in [1.807, 2.05) is 6.08 Å². The van der Waals surface area contributed by atoms with Gasteiger partial charge in [0.15, 0.2) is 0 Å². The Labute approximate surface area is 104 Å². The van der Waals surface area contributed by atoms with Gasteiger partial charge in [0.05, 0.1) is 6.61 Å². The lowest BCUT2D eigenvalue weighted by molar-refractivity contribution is 0.320. The molecule has 0 atom stereocenters. The van der Waals surface area contributed by atoms with Gasteiger partial charge in [0.2, 0.25) is 0 Å². The van der Waals surface area contributed by atoms with Crippen molar-refractivity contribution in [3.8, 4) is 5.75 Å². The van der Waals surface area contributed by atoms with Crippen LogP contribution in [0.15, 0.2) is 30.9 Å². The fourth-order valence-corrected chi connectivity index (χ4v) is 1.78. The van der Waals surface area contributed by atoms with Gasteiger partial charge in [-0.1, -0.05) is 23.8 Å². The summed E-state index contributed by atoms with van der Waals surface area (Å²) in [7, 11) is 0. The first kappa shape index (κ1) is 12.2. The van der Waals surface area contributed by atoms with Gasteiger partial charge >= 0.3 is 0 Å². The minimum atomic E-state index is 0.711. The zero-order valence-corrected chi connectivity index (χ0v) is 10.5. The third-order valence-electron chi connectivity index (χ3n) is 2.95. The van der Waals surface area contributed by atoms with Crippen molar-refractivity contribution < 1.29 is 4.74 Å². The molecule has 0 aromatic heterocycles. The van der Waals surface area contributed by atoms with Crippen molar-refractivity contribution in [1.82, 2.24) is 5.32 Å². The van der Waals surface area contributed by atoms with E-state index in [1.54, 1.807) is 0 Å². The summed E-state index contributed by atoms with van der Waals surface area (Å²) >= 11 is 0. The number of ether oxygens (including phenoxy) is 1. The summed E-state index contributed by atoms with van der Waals surface area (Å²) in [4.78, 5) is 0. The van der Waals surface area contributed by atoms with Crippen molar-refractivity contribution in [1.29, 1.82) is 0 Å². The van der Waals surface area contributed by atoms with E-state index in [1.165, 1.54) is 24.0 Å². The van der Waals surface area contributed by atoms with Crippen molar-refractivity contribution in [2.75, 3.05) is 6.61 Å². The molecule has 1 aliphatic rings. The molecule has 0 spiro atoms. The van der Waals surface area contributed by atoms with Crippen LogP contribution in [-0.2, 0) is 6.54 Å². The van der Waals surface area contributed by atoms with E-state index in [4.69, 9.17) is 4.74 Å². The van der Waals surface area contributed by atoms with E-state index in [9.17, 15) is 0 Å². The smallest absolute Gasteiger partial charge is 0.123 e. The molecular formula is C15H21NO. The molecule has 1 saturated carbocycles. The third kappa shape index (κ3) is 3.90. The summed E-state index contributed by atoms with van der Waals surface area (Å²) in [6, 6.07) is 7.11. The molecule has 0 bridgehead atoms. The lowest BCUT2D eigenvalue weighted by atomic mass is 10.1. The first-order valence-corrected chi connectivity index (χ1v) is 6.36. The molecule has 0 unspecified atom stereocenters. The molecule has 1 aromatic carbocycles. The van der Waals surface area contributed by atoms with Crippen LogP contribution in [0.25, 0.3) is 0 Å². The normalized spacial score (nSPS) is 14.6. The Morgan fingerprint density at radius 3 is 3.00 bits per heavy atom. The number of hydrogen-bond acceptors (Lipinski definition) is 2. The molecule has 92 valence electrons. The summed E-state index contributed by atoms with van der Waals surface area (Å²) in [5.41, 5.74) is 2.55. The van der Waals surface area contributed by atoms with Crippen molar-refractivity contribution in [3.63, 3.8) is 0 Å². The number of benzene rings is 1. The van der Waals surface area contributed by atoms with E-state index in [0.717, 1.165) is 24.8 Å². The first-order valence-electron chi connectivity index (χ1n) is 6.36. The van der Waals surface area contributed by atoms with E-state index in [-0.39, 0.29) is 0 Å². The lowest BCUT2D eigenvalue weighted by Gasteiger charge is -2.12. The van der Waals surface area contributed by atoms with Gasteiger partial charge in [0.1, 0.15) is 5.75 Å². The van der Waals surface area contributed by atoms with Crippen molar-refractivity contribution in [2.24, 2.45) is 0 Å². The summed E-state index contributed by atoms with van der Waals surface area (Å²) in [5, 5.41) is 3.53. The van der Waals surface area contributed by atoms with Crippen LogP contribution in [-0.4, -0.2) is 12.6 Å². The average molecular weight is 231 g/mol. The highest BCUT2D eigenvalue weighted by Crippen LogP contribution is 2.23. The molecule has 2 nitrogen and oxygen atoms in total. The van der Waals surface area contributed by atoms with Crippen molar-refractivity contribution >= 4 is 0 Å². The Morgan fingerprint density at radius 2 is 2.29 bits per heavy atom. The number of hydrogen-bond donors (Lipinski definition) is 1. The Hall–Kier alpha value is -1.28. The summed E-state index contributed by atoms with van der Waals surface area (Å²) in [6.45, 7) is 7.45. The predicted octanol–water partition coefficient (Wildman–Crippen LogP) is 3.20. The second-order valence-electron chi connectivity index (χ2n) is 4.69. The van der Waals surface area contributed by atoms with Gasteiger partial charge in [0.25, 0.3) is 0 Å². The van der Waals surface area contributed by atoms with Gasteiger partial charge in [-0.15, -0.1) is 6.58 Å². The van der Waals surface area contributed by atoms with Gasteiger partial charge in [-0.3, -0.25) is 0 Å². The second-order valence-corrected chi connectivity index (χ2v) is 4.69. The first-order chi connectivity index (χ1) is 8.29. The zero-order chi connectivity index (χ0) is 12.1. The largest absolute Gasteiger partial charge is 0.493 e. The van der Waals surface area contributed by atoms with Crippen LogP contribution in [0, 0.1) is 6.92 Å². The Kier molecular flexibility index (Phi) is 4.21. The van der Waals surface area contributed by atoms with Crippen molar-refractivity contribution in [3.05, 3.63) is 42.0 Å². The average Bonchev–Trinajstić information content (AvgIpc) is 3.13. The quantitative estimate of drug-likeness (QED) is 0.575. The lowest BCUT2D eigenvalue weighted by Crippen LogP contribution is -2.16. The zero-order valence-electron chi connectivity index (χ0n) is 10.5. The molecule has 0 heterocycles. The maximum atomic E-state index is 5.77. The fourth-order valence-electron chi connectivity index (χ4n) is 1.78. The van der Waals surface area contributed by atoms with E-state index in [2.05, 4.69) is 37.0 Å². The van der Waals surface area contributed by atoms with Gasteiger partial charge < -0.3 is 10.1 Å². The summed E-state index contributed by atoms with van der Waals surface area (Å²) in [5.74, 6) is 1.01. The van der Waals surface area contributed by atoms with Crippen LogP contribution < -0.4 is 10.1 Å². The van der Waals surface area contributed by atoms with E-state index >= 15 is 0 Å². The Bertz CT molecular complexity index is 383. The molecule has 0 amide bonds. The fraction of sp³-hybridized carbons (Fsp3) is 0.467. The van der Waals surface area contributed by atoms with Crippen LogP contribution in [0.2, 0.25) is 0 Å². The highest BCUT2D eigenvalue weighted by Gasteiger charge is 2.20. The minimum Gasteiger partial charge on any atom is -0.493 e. The number of rotatable bonds is 7. The minimum absolute atomic E-state index is 0.711. The SMILES string of the molecule is C=CCCOc1ccc(C)cc1CNC1CC1. The highest BCUT2D eigenvalue weighted by molar-refractivity contribution is 5.37. The van der Waals surface area contributed by atoms with E-state index in [0.29, 0.717) is 6.61 Å². The van der Waals surface area contributed by atoms with E-state index < -0.39 is 0 Å². The van der Waals surface area contributed by atoms with Crippen molar-refractivity contribution in [2.45, 2.75) is 38.8 Å². The maximum absolute atomic E-state index is 5.77. The molecule has 0 radical (unpaired) electrons. The Morgan fingerprint density at radius 1 is 1.47 bits per heavy atom. The standard InChI is InChI=1S/C15H21NO/c1-3-4-9-17-15-8-5-12(2)10-13(15)11-16-14-6-7-14/h3,5,8,10,14,16H,1,4,6-7,9,11H2,2H3. The molecule has 1 N–H and O–H groups in total. The summed E-state index contributed by atoms with van der Waals surface area (Å²) < 4.78 is 5.77.